The number of rotatable bonds is 16. The molecule has 0 saturated carbocycles. The Hall–Kier alpha value is -2.80. The van der Waals surface area contributed by atoms with Crippen LogP contribution in [0.5, 0.6) is 0 Å². The molecule has 0 saturated heterocycles. The van der Waals surface area contributed by atoms with E-state index in [0.717, 1.165) is 11.1 Å². The number of carbonyl (C=O) groups is 2. The average molecular weight is 577 g/mol. The van der Waals surface area contributed by atoms with Crippen LogP contribution in [0.3, 0.4) is 0 Å². The molecule has 39 heavy (non-hydrogen) atoms. The van der Waals surface area contributed by atoms with Gasteiger partial charge in [0.2, 0.25) is 0 Å². The van der Waals surface area contributed by atoms with Crippen molar-refractivity contribution in [1.29, 1.82) is 0 Å². The van der Waals surface area contributed by atoms with Gasteiger partial charge in [-0.3, -0.25) is 18.7 Å². The summed E-state index contributed by atoms with van der Waals surface area (Å²) >= 11 is 0. The molecule has 0 fully saturated rings. The Labute approximate surface area is 231 Å². The SMILES string of the molecule is C=CCN([C@@H](Cc1ccccc1)C(=O)OC)[P@](C)(=O)O[P@@](C)(=O)N(CC=C)[C@@H](Cc1ccccc1)C(=O)OC. The van der Waals surface area contributed by atoms with Crippen molar-refractivity contribution < 1.29 is 32.5 Å². The number of carbonyl (C=O) groups excluding carboxylic acids is 2. The molecule has 2 rings (SSSR count). The molecular formula is C28H38N2O7P2. The summed E-state index contributed by atoms with van der Waals surface area (Å²) in [5.41, 5.74) is 1.62. The lowest BCUT2D eigenvalue weighted by Crippen LogP contribution is -2.43. The van der Waals surface area contributed by atoms with E-state index in [4.69, 9.17) is 13.8 Å². The Morgan fingerprint density at radius 1 is 0.744 bits per heavy atom. The van der Waals surface area contributed by atoms with Gasteiger partial charge in [-0.05, 0) is 24.0 Å². The van der Waals surface area contributed by atoms with E-state index in [9.17, 15) is 18.7 Å². The van der Waals surface area contributed by atoms with Crippen molar-refractivity contribution in [2.24, 2.45) is 0 Å². The van der Waals surface area contributed by atoms with Gasteiger partial charge in [0, 0.05) is 26.4 Å². The Morgan fingerprint density at radius 2 is 1.08 bits per heavy atom. The molecule has 4 atom stereocenters. The van der Waals surface area contributed by atoms with Crippen LogP contribution >= 0.6 is 15.0 Å². The van der Waals surface area contributed by atoms with Crippen molar-refractivity contribution in [2.75, 3.05) is 40.6 Å². The molecule has 9 nitrogen and oxygen atoms in total. The zero-order chi connectivity index (χ0) is 29.1. The predicted molar refractivity (Wildman–Crippen MR) is 154 cm³/mol. The lowest BCUT2D eigenvalue weighted by atomic mass is 10.1. The quantitative estimate of drug-likeness (QED) is 0.152. The molecule has 2 aromatic carbocycles. The van der Waals surface area contributed by atoms with Crippen LogP contribution in [-0.2, 0) is 45.3 Å². The maximum absolute atomic E-state index is 14.2. The van der Waals surface area contributed by atoms with Gasteiger partial charge in [0.05, 0.1) is 14.2 Å². The summed E-state index contributed by atoms with van der Waals surface area (Å²) in [5.74, 6) is -1.26. The minimum atomic E-state index is -3.97. The van der Waals surface area contributed by atoms with Gasteiger partial charge in [0.25, 0.3) is 15.0 Å². The first-order valence-electron chi connectivity index (χ1n) is 12.4. The van der Waals surface area contributed by atoms with Crippen LogP contribution in [0.2, 0.25) is 0 Å². The summed E-state index contributed by atoms with van der Waals surface area (Å²) in [6, 6.07) is 16.3. The van der Waals surface area contributed by atoms with Crippen LogP contribution in [-0.4, -0.2) is 74.0 Å². The number of esters is 2. The largest absolute Gasteiger partial charge is 0.468 e. The molecule has 0 spiro atoms. The van der Waals surface area contributed by atoms with Gasteiger partial charge < -0.3 is 9.47 Å². The van der Waals surface area contributed by atoms with Crippen LogP contribution in [0, 0.1) is 0 Å². The standard InChI is InChI=1S/C28H38N2O7P2/c1-7-19-29(25(27(31)35-3)21-23-15-11-9-12-16-23)38(5,33)37-39(6,34)30(20-8-2)26(28(32)36-4)22-24-17-13-10-14-18-24/h7-18,25-26H,1-2,19-22H2,3-6H3/t25-,26-,38+,39+/m0/s1. The second-order valence-electron chi connectivity index (χ2n) is 8.97. The summed E-state index contributed by atoms with van der Waals surface area (Å²) in [7, 11) is -5.45. The third-order valence-corrected chi connectivity index (χ3v) is 11.3. The minimum absolute atomic E-state index is 0.00766. The molecule has 0 amide bonds. The number of hydrogen-bond donors (Lipinski definition) is 0. The number of nitrogens with zero attached hydrogens (tertiary/aromatic N) is 2. The number of methoxy groups -OCH3 is 2. The molecule has 0 heterocycles. The van der Waals surface area contributed by atoms with Crippen molar-refractivity contribution in [2.45, 2.75) is 24.9 Å². The zero-order valence-corrected chi connectivity index (χ0v) is 24.8. The van der Waals surface area contributed by atoms with E-state index >= 15 is 0 Å². The van der Waals surface area contributed by atoms with Gasteiger partial charge in [-0.1, -0.05) is 72.8 Å². The predicted octanol–water partition coefficient (Wildman–Crippen LogP) is 5.19. The van der Waals surface area contributed by atoms with Crippen LogP contribution in [0.4, 0.5) is 0 Å². The Kier molecular flexibility index (Phi) is 12.6. The lowest BCUT2D eigenvalue weighted by molar-refractivity contribution is -0.145. The molecule has 0 aliphatic carbocycles. The Morgan fingerprint density at radius 3 is 1.36 bits per heavy atom. The lowest BCUT2D eigenvalue weighted by Gasteiger charge is -2.38. The summed E-state index contributed by atoms with van der Waals surface area (Å²) in [5, 5.41) is 0. The highest BCUT2D eigenvalue weighted by Crippen LogP contribution is 2.64. The first kappa shape index (κ1) is 32.4. The monoisotopic (exact) mass is 576 g/mol. The highest BCUT2D eigenvalue weighted by atomic mass is 31.2. The number of hydrogen-bond acceptors (Lipinski definition) is 7. The van der Waals surface area contributed by atoms with Gasteiger partial charge in [-0.15, -0.1) is 13.2 Å². The first-order valence-corrected chi connectivity index (χ1v) is 16.4. The molecule has 0 bridgehead atoms. The highest BCUT2D eigenvalue weighted by Gasteiger charge is 2.45. The minimum Gasteiger partial charge on any atom is -0.468 e. The van der Waals surface area contributed by atoms with E-state index in [1.165, 1.54) is 49.0 Å². The summed E-state index contributed by atoms with van der Waals surface area (Å²) in [4.78, 5) is 25.8. The van der Waals surface area contributed by atoms with Crippen LogP contribution < -0.4 is 0 Å². The zero-order valence-electron chi connectivity index (χ0n) is 23.0. The summed E-state index contributed by atoms with van der Waals surface area (Å²) in [6.45, 7) is 10.0. The maximum Gasteiger partial charge on any atom is 0.323 e. The second-order valence-corrected chi connectivity index (χ2v) is 13.9. The van der Waals surface area contributed by atoms with E-state index in [-0.39, 0.29) is 25.9 Å². The molecular weight excluding hydrogens is 538 g/mol. The van der Waals surface area contributed by atoms with Crippen molar-refractivity contribution in [3.8, 4) is 0 Å². The molecule has 0 aliphatic rings. The molecule has 0 aromatic heterocycles. The smallest absolute Gasteiger partial charge is 0.323 e. The second kappa shape index (κ2) is 15.1. The average Bonchev–Trinajstić information content (AvgIpc) is 2.92. The molecule has 0 N–H and O–H groups in total. The molecule has 2 aromatic rings. The highest BCUT2D eigenvalue weighted by molar-refractivity contribution is 7.69. The van der Waals surface area contributed by atoms with Crippen LogP contribution in [0.25, 0.3) is 0 Å². The topological polar surface area (TPSA) is 102 Å². The van der Waals surface area contributed by atoms with Gasteiger partial charge >= 0.3 is 11.9 Å². The summed E-state index contributed by atoms with van der Waals surface area (Å²) in [6.07, 6.45) is 3.31. The third-order valence-electron chi connectivity index (χ3n) is 6.08. The van der Waals surface area contributed by atoms with E-state index < -0.39 is 39.1 Å². The maximum atomic E-state index is 14.2. The van der Waals surface area contributed by atoms with Crippen molar-refractivity contribution in [3.63, 3.8) is 0 Å². The molecule has 0 aliphatic heterocycles. The van der Waals surface area contributed by atoms with Gasteiger partial charge in [-0.2, -0.15) is 0 Å². The van der Waals surface area contributed by atoms with E-state index in [0.29, 0.717) is 0 Å². The van der Waals surface area contributed by atoms with E-state index in [2.05, 4.69) is 13.2 Å². The fraction of sp³-hybridized carbons (Fsp3) is 0.357. The van der Waals surface area contributed by atoms with Gasteiger partial charge in [0.1, 0.15) is 12.1 Å². The van der Waals surface area contributed by atoms with Crippen LogP contribution in [0.15, 0.2) is 86.0 Å². The molecule has 212 valence electrons. The van der Waals surface area contributed by atoms with Crippen molar-refractivity contribution in [3.05, 3.63) is 97.1 Å². The van der Waals surface area contributed by atoms with Gasteiger partial charge in [-0.25, -0.2) is 13.7 Å². The normalized spacial score (nSPS) is 15.9. The number of benzene rings is 2. The fourth-order valence-corrected chi connectivity index (χ4v) is 9.45. The van der Waals surface area contributed by atoms with Crippen LogP contribution in [0.1, 0.15) is 11.1 Å². The van der Waals surface area contributed by atoms with Crippen molar-refractivity contribution >= 4 is 27.0 Å². The van der Waals surface area contributed by atoms with Gasteiger partial charge in [0.15, 0.2) is 0 Å². The van der Waals surface area contributed by atoms with Crippen molar-refractivity contribution in [1.82, 2.24) is 9.34 Å². The summed E-state index contributed by atoms with van der Waals surface area (Å²) < 4.78 is 47.1. The molecule has 0 radical (unpaired) electrons. The third kappa shape index (κ3) is 9.13. The fourth-order valence-electron chi connectivity index (χ4n) is 4.26. The Bertz CT molecular complexity index is 1110. The first-order chi connectivity index (χ1) is 18.5. The van der Waals surface area contributed by atoms with E-state index in [1.54, 1.807) is 0 Å². The number of ether oxygens (including phenoxy) is 2. The van der Waals surface area contributed by atoms with E-state index in [1.807, 2.05) is 60.7 Å². The molecule has 11 heteroatoms. The molecule has 0 unspecified atom stereocenters. The Balaban J connectivity index is 2.48.